The van der Waals surface area contributed by atoms with Gasteiger partial charge in [0.25, 0.3) is 0 Å². The fraction of sp³-hybridized carbons (Fsp3) is 0.0769. The monoisotopic (exact) mass is 254 g/mol. The van der Waals surface area contributed by atoms with Crippen molar-refractivity contribution in [1.82, 2.24) is 0 Å². The summed E-state index contributed by atoms with van der Waals surface area (Å²) >= 11 is 5.76. The maximum atomic E-state index is 13.3. The highest BCUT2D eigenvalue weighted by Gasteiger charge is 2.08. The Hall–Kier alpha value is -1.61. The number of ether oxygens (including phenoxy) is 1. The van der Waals surface area contributed by atoms with Gasteiger partial charge in [0.2, 0.25) is 0 Å². The van der Waals surface area contributed by atoms with E-state index in [2.05, 4.69) is 0 Å². The van der Waals surface area contributed by atoms with Crippen molar-refractivity contribution in [1.29, 1.82) is 0 Å². The molecule has 0 amide bonds. The van der Waals surface area contributed by atoms with E-state index >= 15 is 0 Å². The molecule has 0 saturated heterocycles. The Morgan fingerprint density at radius 1 is 1.00 bits per heavy atom. The molecule has 0 atom stereocenters. The Labute approximate surface area is 103 Å². The molecule has 1 nitrogen and oxygen atoms in total. The molecule has 2 aromatic rings. The number of hydrogen-bond donors (Lipinski definition) is 0. The van der Waals surface area contributed by atoms with Gasteiger partial charge in [0.05, 0.1) is 5.56 Å². The van der Waals surface area contributed by atoms with E-state index in [0.29, 0.717) is 10.8 Å². The van der Waals surface area contributed by atoms with Crippen molar-refractivity contribution in [2.24, 2.45) is 0 Å². The highest BCUT2D eigenvalue weighted by atomic mass is 35.5. The molecule has 17 heavy (non-hydrogen) atoms. The van der Waals surface area contributed by atoms with Gasteiger partial charge in [-0.3, -0.25) is 0 Å². The zero-order valence-electron chi connectivity index (χ0n) is 8.79. The summed E-state index contributed by atoms with van der Waals surface area (Å²) in [5.74, 6) is -0.765. The van der Waals surface area contributed by atoms with Gasteiger partial charge in [0, 0.05) is 5.02 Å². The predicted molar refractivity (Wildman–Crippen MR) is 62.1 cm³/mol. The minimum absolute atomic E-state index is 0.0903. The van der Waals surface area contributed by atoms with Crippen LogP contribution in [0, 0.1) is 11.6 Å². The topological polar surface area (TPSA) is 9.23 Å². The van der Waals surface area contributed by atoms with Crippen LogP contribution in [-0.2, 0) is 6.61 Å². The Morgan fingerprint density at radius 3 is 2.29 bits per heavy atom. The van der Waals surface area contributed by atoms with Crippen LogP contribution in [0.2, 0.25) is 5.02 Å². The summed E-state index contributed by atoms with van der Waals surface area (Å²) < 4.78 is 31.8. The molecular formula is C13H9ClF2O. The van der Waals surface area contributed by atoms with Gasteiger partial charge in [-0.25, -0.2) is 8.78 Å². The summed E-state index contributed by atoms with van der Waals surface area (Å²) in [4.78, 5) is 0. The average molecular weight is 255 g/mol. The zero-order valence-corrected chi connectivity index (χ0v) is 9.55. The van der Waals surface area contributed by atoms with Gasteiger partial charge < -0.3 is 4.74 Å². The molecule has 0 spiro atoms. The first-order valence-corrected chi connectivity index (χ1v) is 5.36. The first-order chi connectivity index (χ1) is 8.16. The second-order valence-corrected chi connectivity index (χ2v) is 3.88. The standard InChI is InChI=1S/C13H9ClF2O/c14-9-3-1-4-10(7-9)17-8-11-12(15)5-2-6-13(11)16/h1-7H,8H2. The molecule has 0 radical (unpaired) electrons. The molecule has 0 bridgehead atoms. The number of hydrogen-bond acceptors (Lipinski definition) is 1. The van der Waals surface area contributed by atoms with Crippen molar-refractivity contribution in [2.45, 2.75) is 6.61 Å². The summed E-state index contributed by atoms with van der Waals surface area (Å²) in [7, 11) is 0. The van der Waals surface area contributed by atoms with Crippen molar-refractivity contribution in [3.8, 4) is 5.75 Å². The molecule has 0 aliphatic rings. The van der Waals surface area contributed by atoms with Crippen LogP contribution >= 0.6 is 11.6 Å². The van der Waals surface area contributed by atoms with Crippen LogP contribution in [0.15, 0.2) is 42.5 Å². The van der Waals surface area contributed by atoms with Crippen LogP contribution in [-0.4, -0.2) is 0 Å². The fourth-order valence-corrected chi connectivity index (χ4v) is 1.56. The van der Waals surface area contributed by atoms with Gasteiger partial charge in [0.15, 0.2) is 0 Å². The van der Waals surface area contributed by atoms with Crippen molar-refractivity contribution in [2.75, 3.05) is 0 Å². The van der Waals surface area contributed by atoms with E-state index in [1.807, 2.05) is 0 Å². The van der Waals surface area contributed by atoms with Gasteiger partial charge in [-0.2, -0.15) is 0 Å². The molecule has 0 saturated carbocycles. The predicted octanol–water partition coefficient (Wildman–Crippen LogP) is 4.20. The van der Waals surface area contributed by atoms with Crippen molar-refractivity contribution in [3.63, 3.8) is 0 Å². The Bertz CT molecular complexity index is 508. The van der Waals surface area contributed by atoms with E-state index in [9.17, 15) is 8.78 Å². The van der Waals surface area contributed by atoms with E-state index < -0.39 is 11.6 Å². The third-order valence-corrected chi connectivity index (χ3v) is 2.48. The smallest absolute Gasteiger partial charge is 0.132 e. The quantitative estimate of drug-likeness (QED) is 0.798. The lowest BCUT2D eigenvalue weighted by Gasteiger charge is -2.08. The fourth-order valence-electron chi connectivity index (χ4n) is 1.38. The first kappa shape index (κ1) is 11.9. The van der Waals surface area contributed by atoms with Gasteiger partial charge in [0.1, 0.15) is 24.0 Å². The molecule has 0 aromatic heterocycles. The van der Waals surface area contributed by atoms with Gasteiger partial charge in [-0.1, -0.05) is 23.7 Å². The van der Waals surface area contributed by atoms with Gasteiger partial charge in [-0.15, -0.1) is 0 Å². The van der Waals surface area contributed by atoms with Crippen molar-refractivity contribution < 1.29 is 13.5 Å². The molecule has 0 aliphatic heterocycles. The maximum Gasteiger partial charge on any atom is 0.132 e. The lowest BCUT2D eigenvalue weighted by molar-refractivity contribution is 0.292. The van der Waals surface area contributed by atoms with E-state index in [4.69, 9.17) is 16.3 Å². The summed E-state index contributed by atoms with van der Waals surface area (Å²) in [6.07, 6.45) is 0. The second kappa shape index (κ2) is 5.15. The maximum absolute atomic E-state index is 13.3. The van der Waals surface area contributed by atoms with Gasteiger partial charge >= 0.3 is 0 Å². The molecule has 0 N–H and O–H groups in total. The summed E-state index contributed by atoms with van der Waals surface area (Å²) in [5, 5.41) is 0.511. The highest BCUT2D eigenvalue weighted by Crippen LogP contribution is 2.20. The molecule has 0 fully saturated rings. The van der Waals surface area contributed by atoms with Crippen LogP contribution in [0.5, 0.6) is 5.75 Å². The van der Waals surface area contributed by atoms with Crippen LogP contribution in [0.1, 0.15) is 5.56 Å². The van der Waals surface area contributed by atoms with E-state index in [-0.39, 0.29) is 12.2 Å². The molecule has 0 heterocycles. The molecule has 2 aromatic carbocycles. The summed E-state index contributed by atoms with van der Waals surface area (Å²) in [5.41, 5.74) is -0.0903. The third-order valence-electron chi connectivity index (χ3n) is 2.24. The Morgan fingerprint density at radius 2 is 1.65 bits per heavy atom. The minimum Gasteiger partial charge on any atom is -0.489 e. The molecule has 0 unspecified atom stereocenters. The highest BCUT2D eigenvalue weighted by molar-refractivity contribution is 6.30. The Kier molecular flexibility index (Phi) is 3.59. The molecule has 2 rings (SSSR count). The summed E-state index contributed by atoms with van der Waals surface area (Å²) in [6.45, 7) is -0.168. The molecular weight excluding hydrogens is 246 g/mol. The van der Waals surface area contributed by atoms with Crippen LogP contribution < -0.4 is 4.74 Å². The minimum atomic E-state index is -0.618. The zero-order chi connectivity index (χ0) is 12.3. The molecule has 0 aliphatic carbocycles. The van der Waals surface area contributed by atoms with Crippen molar-refractivity contribution in [3.05, 3.63) is 64.7 Å². The lowest BCUT2D eigenvalue weighted by atomic mass is 10.2. The van der Waals surface area contributed by atoms with Gasteiger partial charge in [-0.05, 0) is 30.3 Å². The van der Waals surface area contributed by atoms with Crippen LogP contribution in [0.4, 0.5) is 8.78 Å². The number of rotatable bonds is 3. The van der Waals surface area contributed by atoms with E-state index in [0.717, 1.165) is 0 Å². The third kappa shape index (κ3) is 2.94. The first-order valence-electron chi connectivity index (χ1n) is 4.98. The Balaban J connectivity index is 2.13. The van der Waals surface area contributed by atoms with Crippen LogP contribution in [0.25, 0.3) is 0 Å². The number of benzene rings is 2. The van der Waals surface area contributed by atoms with E-state index in [1.165, 1.54) is 18.2 Å². The average Bonchev–Trinajstić information content (AvgIpc) is 2.28. The van der Waals surface area contributed by atoms with E-state index in [1.54, 1.807) is 24.3 Å². The van der Waals surface area contributed by atoms with Crippen LogP contribution in [0.3, 0.4) is 0 Å². The molecule has 4 heteroatoms. The van der Waals surface area contributed by atoms with Crippen molar-refractivity contribution >= 4 is 11.6 Å². The SMILES string of the molecule is Fc1cccc(F)c1COc1cccc(Cl)c1. The lowest BCUT2D eigenvalue weighted by Crippen LogP contribution is -2.01. The molecule has 88 valence electrons. The largest absolute Gasteiger partial charge is 0.489 e. The summed E-state index contributed by atoms with van der Waals surface area (Å²) in [6, 6.07) is 10.4. The second-order valence-electron chi connectivity index (χ2n) is 3.45. The normalized spacial score (nSPS) is 10.3. The number of halogens is 3.